The highest BCUT2D eigenvalue weighted by Crippen LogP contribution is 2.37. The number of hydrogen-bond acceptors (Lipinski definition) is 3. The summed E-state index contributed by atoms with van der Waals surface area (Å²) in [7, 11) is 0. The van der Waals surface area contributed by atoms with Crippen molar-refractivity contribution in [3.8, 4) is 11.5 Å². The Bertz CT molecular complexity index is 512. The van der Waals surface area contributed by atoms with E-state index >= 15 is 0 Å². The molecule has 0 aliphatic heterocycles. The zero-order valence-electron chi connectivity index (χ0n) is 13.1. The first-order valence-corrected chi connectivity index (χ1v) is 7.96. The summed E-state index contributed by atoms with van der Waals surface area (Å²) in [6.07, 6.45) is 6.99. The lowest BCUT2D eigenvalue weighted by molar-refractivity contribution is -0.131. The van der Waals surface area contributed by atoms with E-state index in [-0.39, 0.29) is 0 Å². The molecule has 0 saturated carbocycles. The third-order valence-corrected chi connectivity index (χ3v) is 3.28. The number of benzene rings is 1. The van der Waals surface area contributed by atoms with Gasteiger partial charge in [0, 0.05) is 6.08 Å². The Kier molecular flexibility index (Phi) is 8.44. The van der Waals surface area contributed by atoms with Crippen molar-refractivity contribution in [3.63, 3.8) is 0 Å². The van der Waals surface area contributed by atoms with Crippen molar-refractivity contribution >= 4 is 23.6 Å². The maximum absolute atomic E-state index is 10.6. The number of unbranched alkanes of at least 4 members (excludes halogenated alkanes) is 3. The lowest BCUT2D eigenvalue weighted by atomic mass is 10.2. The van der Waals surface area contributed by atoms with Crippen LogP contribution in [0, 0.1) is 0 Å². The van der Waals surface area contributed by atoms with Gasteiger partial charge < -0.3 is 14.6 Å². The molecule has 5 heteroatoms. The second-order valence-corrected chi connectivity index (χ2v) is 5.25. The summed E-state index contributed by atoms with van der Waals surface area (Å²) in [4.78, 5) is 10.6. The molecule has 1 aromatic rings. The summed E-state index contributed by atoms with van der Waals surface area (Å²) in [6.45, 7) is 5.10. The molecule has 0 aliphatic rings. The molecular formula is C17H23ClO4. The average molecular weight is 327 g/mol. The van der Waals surface area contributed by atoms with Gasteiger partial charge in [0.05, 0.1) is 18.2 Å². The van der Waals surface area contributed by atoms with Crippen molar-refractivity contribution in [2.45, 2.75) is 39.5 Å². The molecule has 0 amide bonds. The van der Waals surface area contributed by atoms with Gasteiger partial charge in [0.1, 0.15) is 0 Å². The van der Waals surface area contributed by atoms with Gasteiger partial charge in [-0.1, -0.05) is 37.8 Å². The number of carbonyl (C=O) groups is 1. The monoisotopic (exact) mass is 326 g/mol. The van der Waals surface area contributed by atoms with Crippen molar-refractivity contribution in [2.75, 3.05) is 13.2 Å². The second kappa shape index (κ2) is 10.1. The van der Waals surface area contributed by atoms with Crippen LogP contribution in [0.1, 0.15) is 45.1 Å². The molecule has 122 valence electrons. The Morgan fingerprint density at radius 3 is 2.64 bits per heavy atom. The van der Waals surface area contributed by atoms with E-state index in [0.29, 0.717) is 35.3 Å². The minimum absolute atomic E-state index is 0.423. The zero-order valence-corrected chi connectivity index (χ0v) is 13.9. The van der Waals surface area contributed by atoms with E-state index in [9.17, 15) is 4.79 Å². The smallest absolute Gasteiger partial charge is 0.328 e. The number of ether oxygens (including phenoxy) is 2. The van der Waals surface area contributed by atoms with Gasteiger partial charge in [-0.25, -0.2) is 4.79 Å². The predicted molar refractivity (Wildman–Crippen MR) is 88.9 cm³/mol. The lowest BCUT2D eigenvalue weighted by Crippen LogP contribution is -2.02. The third-order valence-electron chi connectivity index (χ3n) is 2.99. The van der Waals surface area contributed by atoms with Crippen molar-refractivity contribution in [2.24, 2.45) is 0 Å². The fourth-order valence-corrected chi connectivity index (χ4v) is 2.23. The summed E-state index contributed by atoms with van der Waals surface area (Å²) in [5.41, 5.74) is 0.661. The predicted octanol–water partition coefficient (Wildman–Crippen LogP) is 4.80. The molecule has 0 unspecified atom stereocenters. The molecule has 0 aromatic heterocycles. The van der Waals surface area contributed by atoms with Gasteiger partial charge in [0.25, 0.3) is 0 Å². The number of halogens is 1. The van der Waals surface area contributed by atoms with E-state index in [1.54, 1.807) is 12.1 Å². The molecule has 1 rings (SSSR count). The highest BCUT2D eigenvalue weighted by Gasteiger charge is 2.12. The zero-order chi connectivity index (χ0) is 16.4. The van der Waals surface area contributed by atoms with Crippen LogP contribution < -0.4 is 9.47 Å². The largest absolute Gasteiger partial charge is 0.490 e. The summed E-state index contributed by atoms with van der Waals surface area (Å²) in [5, 5.41) is 9.11. The molecule has 0 atom stereocenters. The number of carboxylic acid groups (broad SMARTS) is 1. The van der Waals surface area contributed by atoms with E-state index in [2.05, 4.69) is 6.92 Å². The molecule has 4 nitrogen and oxygen atoms in total. The number of rotatable bonds is 10. The van der Waals surface area contributed by atoms with Crippen LogP contribution in [0.4, 0.5) is 0 Å². The second-order valence-electron chi connectivity index (χ2n) is 4.84. The topological polar surface area (TPSA) is 55.8 Å². The minimum atomic E-state index is -1.01. The molecule has 1 N–H and O–H groups in total. The van der Waals surface area contributed by atoms with E-state index in [4.69, 9.17) is 26.2 Å². The van der Waals surface area contributed by atoms with E-state index in [1.165, 1.54) is 18.9 Å². The van der Waals surface area contributed by atoms with Gasteiger partial charge >= 0.3 is 5.97 Å². The fraction of sp³-hybridized carbons (Fsp3) is 0.471. The standard InChI is InChI=1S/C17H23ClO4/c1-3-5-6-7-10-22-17-14(18)11-13(8-9-16(19)20)12-15(17)21-4-2/h8-9,11-12H,3-7,10H2,1-2H3,(H,19,20)/b9-8+. The van der Waals surface area contributed by atoms with Crippen LogP contribution >= 0.6 is 11.6 Å². The van der Waals surface area contributed by atoms with Gasteiger partial charge in [-0.2, -0.15) is 0 Å². The maximum atomic E-state index is 10.6. The minimum Gasteiger partial charge on any atom is -0.490 e. The van der Waals surface area contributed by atoms with Crippen LogP contribution in [0.3, 0.4) is 0 Å². The van der Waals surface area contributed by atoms with Crippen molar-refractivity contribution in [3.05, 3.63) is 28.8 Å². The first-order valence-electron chi connectivity index (χ1n) is 7.58. The van der Waals surface area contributed by atoms with Crippen molar-refractivity contribution in [1.82, 2.24) is 0 Å². The highest BCUT2D eigenvalue weighted by atomic mass is 35.5. The quantitative estimate of drug-likeness (QED) is 0.496. The Morgan fingerprint density at radius 2 is 2.00 bits per heavy atom. The van der Waals surface area contributed by atoms with Crippen LogP contribution in [-0.4, -0.2) is 24.3 Å². The van der Waals surface area contributed by atoms with Gasteiger partial charge in [-0.3, -0.25) is 0 Å². The van der Waals surface area contributed by atoms with Gasteiger partial charge in [0.2, 0.25) is 0 Å². The SMILES string of the molecule is CCCCCCOc1c(Cl)cc(/C=C/C(=O)O)cc1OCC. The first kappa shape index (κ1) is 18.4. The molecule has 0 aliphatic carbocycles. The molecule has 0 spiro atoms. The fourth-order valence-electron chi connectivity index (χ4n) is 1.96. The Morgan fingerprint density at radius 1 is 1.23 bits per heavy atom. The summed E-state index contributed by atoms with van der Waals surface area (Å²) < 4.78 is 11.3. The number of carboxylic acids is 1. The van der Waals surface area contributed by atoms with Gasteiger partial charge in [-0.15, -0.1) is 0 Å². The number of aliphatic carboxylic acids is 1. The normalized spacial score (nSPS) is 10.9. The maximum Gasteiger partial charge on any atom is 0.328 e. The van der Waals surface area contributed by atoms with Gasteiger partial charge in [0.15, 0.2) is 11.5 Å². The molecule has 0 radical (unpaired) electrons. The van der Waals surface area contributed by atoms with Crippen LogP contribution in [-0.2, 0) is 4.79 Å². The van der Waals surface area contributed by atoms with Crippen LogP contribution in [0.5, 0.6) is 11.5 Å². The van der Waals surface area contributed by atoms with Gasteiger partial charge in [-0.05, 0) is 37.1 Å². The molecule has 0 saturated heterocycles. The summed E-state index contributed by atoms with van der Waals surface area (Å²) in [5.74, 6) is 0.0494. The molecule has 0 heterocycles. The summed E-state index contributed by atoms with van der Waals surface area (Å²) in [6, 6.07) is 3.40. The first-order chi connectivity index (χ1) is 10.6. The third kappa shape index (κ3) is 6.39. The highest BCUT2D eigenvalue weighted by molar-refractivity contribution is 6.32. The average Bonchev–Trinajstić information content (AvgIpc) is 2.47. The van der Waals surface area contributed by atoms with Crippen LogP contribution in [0.25, 0.3) is 6.08 Å². The molecule has 0 bridgehead atoms. The number of hydrogen-bond donors (Lipinski definition) is 1. The van der Waals surface area contributed by atoms with Crippen molar-refractivity contribution in [1.29, 1.82) is 0 Å². The molecule has 0 fully saturated rings. The van der Waals surface area contributed by atoms with E-state index in [1.807, 2.05) is 6.92 Å². The molecule has 22 heavy (non-hydrogen) atoms. The lowest BCUT2D eigenvalue weighted by Gasteiger charge is -2.14. The summed E-state index contributed by atoms with van der Waals surface area (Å²) >= 11 is 6.24. The van der Waals surface area contributed by atoms with Crippen LogP contribution in [0.2, 0.25) is 5.02 Å². The van der Waals surface area contributed by atoms with Crippen molar-refractivity contribution < 1.29 is 19.4 Å². The van der Waals surface area contributed by atoms with E-state index in [0.717, 1.165) is 18.9 Å². The Balaban J connectivity index is 2.83. The van der Waals surface area contributed by atoms with Crippen LogP contribution in [0.15, 0.2) is 18.2 Å². The molecular weight excluding hydrogens is 304 g/mol. The Hall–Kier alpha value is -1.68. The molecule has 1 aromatic carbocycles. The Labute approximate surface area is 136 Å². The van der Waals surface area contributed by atoms with E-state index < -0.39 is 5.97 Å².